The molecule has 0 aromatic carbocycles. The maximum Gasteiger partial charge on any atom is 0.441 e. The third-order valence-electron chi connectivity index (χ3n) is 3.04. The largest absolute Gasteiger partial charge is 0.441 e. The normalized spacial score (nSPS) is 10.7. The van der Waals surface area contributed by atoms with Crippen molar-refractivity contribution in [1.82, 2.24) is 19.9 Å². The molecule has 118 valence electrons. The van der Waals surface area contributed by atoms with Crippen LogP contribution in [0.2, 0.25) is 0 Å². The fraction of sp³-hybridized carbons (Fsp3) is 0.214. The predicted molar refractivity (Wildman–Crippen MR) is 78.5 cm³/mol. The number of carbonyl (C=O) groups is 1. The minimum atomic E-state index is -0.643. The molecule has 0 saturated carbocycles. The number of anilines is 1. The van der Waals surface area contributed by atoms with Gasteiger partial charge in [-0.2, -0.15) is 0 Å². The third-order valence-corrected chi connectivity index (χ3v) is 3.04. The lowest BCUT2D eigenvalue weighted by Crippen LogP contribution is -2.21. The Morgan fingerprint density at radius 3 is 2.87 bits per heavy atom. The van der Waals surface area contributed by atoms with Crippen LogP contribution in [0.25, 0.3) is 11.5 Å². The number of nitrogens with zero attached hydrogens (tertiary/aromatic N) is 4. The van der Waals surface area contributed by atoms with Gasteiger partial charge in [0.1, 0.15) is 11.5 Å². The van der Waals surface area contributed by atoms with Gasteiger partial charge >= 0.3 is 5.76 Å². The zero-order chi connectivity index (χ0) is 16.2. The average molecular weight is 315 g/mol. The summed E-state index contributed by atoms with van der Waals surface area (Å²) in [4.78, 5) is 27.8. The zero-order valence-corrected chi connectivity index (χ0v) is 12.2. The van der Waals surface area contributed by atoms with Crippen LogP contribution in [0.3, 0.4) is 0 Å². The first-order chi connectivity index (χ1) is 11.1. The van der Waals surface area contributed by atoms with Crippen LogP contribution in [0.15, 0.2) is 44.3 Å². The molecule has 0 bridgehead atoms. The van der Waals surface area contributed by atoms with Crippen molar-refractivity contribution < 1.29 is 13.8 Å². The number of rotatable bonds is 5. The SMILES string of the molecule is Cc1cc(NC(=O)CCn2c(-c3ccccn3)noc2=O)no1. The van der Waals surface area contributed by atoms with Crippen molar-refractivity contribution in [2.24, 2.45) is 0 Å². The lowest BCUT2D eigenvalue weighted by molar-refractivity contribution is -0.116. The van der Waals surface area contributed by atoms with E-state index in [2.05, 4.69) is 25.1 Å². The van der Waals surface area contributed by atoms with E-state index in [0.29, 0.717) is 17.3 Å². The van der Waals surface area contributed by atoms with Crippen LogP contribution < -0.4 is 11.1 Å². The molecule has 3 heterocycles. The molecule has 1 amide bonds. The topological polar surface area (TPSA) is 116 Å². The van der Waals surface area contributed by atoms with Crippen LogP contribution in [-0.4, -0.2) is 25.8 Å². The predicted octanol–water partition coefficient (Wildman–Crippen LogP) is 1.22. The molecular weight excluding hydrogens is 302 g/mol. The summed E-state index contributed by atoms with van der Waals surface area (Å²) < 4.78 is 10.8. The van der Waals surface area contributed by atoms with Gasteiger partial charge in [0.15, 0.2) is 5.82 Å². The number of pyridine rings is 1. The standard InChI is InChI=1S/C14H13N5O4/c1-9-8-11(17-22-9)16-12(20)5-7-19-13(18-23-14(19)21)10-4-2-3-6-15-10/h2-4,6,8H,5,7H2,1H3,(H,16,17,20). The van der Waals surface area contributed by atoms with Gasteiger partial charge in [-0.15, -0.1) is 0 Å². The average Bonchev–Trinajstić information content (AvgIpc) is 3.12. The van der Waals surface area contributed by atoms with Crippen molar-refractivity contribution in [1.29, 1.82) is 0 Å². The second-order valence-corrected chi connectivity index (χ2v) is 4.76. The molecule has 3 rings (SSSR count). The summed E-state index contributed by atoms with van der Waals surface area (Å²) in [7, 11) is 0. The minimum absolute atomic E-state index is 0.0485. The van der Waals surface area contributed by atoms with Gasteiger partial charge in [-0.05, 0) is 19.1 Å². The Labute approximate surface area is 129 Å². The lowest BCUT2D eigenvalue weighted by Gasteiger charge is -2.04. The van der Waals surface area contributed by atoms with Crippen molar-refractivity contribution in [2.75, 3.05) is 5.32 Å². The molecule has 0 radical (unpaired) electrons. The number of carbonyl (C=O) groups excluding carboxylic acids is 1. The van der Waals surface area contributed by atoms with E-state index in [9.17, 15) is 9.59 Å². The molecule has 23 heavy (non-hydrogen) atoms. The molecule has 1 N–H and O–H groups in total. The molecule has 0 spiro atoms. The van der Waals surface area contributed by atoms with Crippen molar-refractivity contribution in [3.05, 3.63) is 46.8 Å². The number of hydrogen-bond acceptors (Lipinski definition) is 7. The number of aromatic nitrogens is 4. The van der Waals surface area contributed by atoms with Crippen LogP contribution in [-0.2, 0) is 11.3 Å². The maximum atomic E-state index is 11.9. The summed E-state index contributed by atoms with van der Waals surface area (Å²) in [5, 5.41) is 9.95. The molecule has 0 aliphatic carbocycles. The molecular formula is C14H13N5O4. The van der Waals surface area contributed by atoms with Crippen molar-refractivity contribution in [2.45, 2.75) is 19.9 Å². The Kier molecular flexibility index (Phi) is 4.00. The summed E-state index contributed by atoms with van der Waals surface area (Å²) in [6, 6.07) is 6.82. The van der Waals surface area contributed by atoms with Crippen LogP contribution in [0.1, 0.15) is 12.2 Å². The smallest absolute Gasteiger partial charge is 0.360 e. The Morgan fingerprint density at radius 2 is 2.17 bits per heavy atom. The van der Waals surface area contributed by atoms with Gasteiger partial charge in [0, 0.05) is 25.2 Å². The molecule has 3 aromatic rings. The van der Waals surface area contributed by atoms with Crippen LogP contribution in [0.5, 0.6) is 0 Å². The summed E-state index contributed by atoms with van der Waals surface area (Å²) >= 11 is 0. The van der Waals surface area contributed by atoms with Gasteiger partial charge in [-0.3, -0.25) is 18.9 Å². The van der Waals surface area contributed by atoms with Crippen LogP contribution in [0, 0.1) is 6.92 Å². The Balaban J connectivity index is 1.70. The molecule has 0 aliphatic rings. The summed E-state index contributed by atoms with van der Waals surface area (Å²) in [6.45, 7) is 1.83. The monoisotopic (exact) mass is 315 g/mol. The quantitative estimate of drug-likeness (QED) is 0.752. The van der Waals surface area contributed by atoms with Gasteiger partial charge in [0.05, 0.1) is 0 Å². The molecule has 0 saturated heterocycles. The van der Waals surface area contributed by atoms with E-state index >= 15 is 0 Å². The van der Waals surface area contributed by atoms with Gasteiger partial charge < -0.3 is 9.84 Å². The molecule has 0 fully saturated rings. The zero-order valence-electron chi connectivity index (χ0n) is 12.2. The molecule has 9 heteroatoms. The highest BCUT2D eigenvalue weighted by Gasteiger charge is 2.15. The Bertz CT molecular complexity index is 865. The number of nitrogens with one attached hydrogen (secondary N) is 1. The number of hydrogen-bond donors (Lipinski definition) is 1. The Hall–Kier alpha value is -3.23. The van der Waals surface area contributed by atoms with E-state index in [1.807, 2.05) is 0 Å². The molecule has 0 atom stereocenters. The highest BCUT2D eigenvalue weighted by Crippen LogP contribution is 2.12. The van der Waals surface area contributed by atoms with Crippen molar-refractivity contribution in [3.63, 3.8) is 0 Å². The van der Waals surface area contributed by atoms with E-state index < -0.39 is 5.76 Å². The third kappa shape index (κ3) is 3.34. The van der Waals surface area contributed by atoms with E-state index in [1.165, 1.54) is 4.57 Å². The highest BCUT2D eigenvalue weighted by atomic mass is 16.5. The minimum Gasteiger partial charge on any atom is -0.360 e. The van der Waals surface area contributed by atoms with E-state index in [0.717, 1.165) is 0 Å². The van der Waals surface area contributed by atoms with Crippen molar-refractivity contribution >= 4 is 11.7 Å². The molecule has 0 unspecified atom stereocenters. The number of aryl methyl sites for hydroxylation is 1. The second-order valence-electron chi connectivity index (χ2n) is 4.76. The number of amides is 1. The first-order valence-electron chi connectivity index (χ1n) is 6.84. The van der Waals surface area contributed by atoms with Gasteiger partial charge in [0.25, 0.3) is 0 Å². The van der Waals surface area contributed by atoms with E-state index in [-0.39, 0.29) is 24.7 Å². The van der Waals surface area contributed by atoms with Crippen LogP contribution in [0.4, 0.5) is 5.82 Å². The Morgan fingerprint density at radius 1 is 1.30 bits per heavy atom. The second kappa shape index (κ2) is 6.26. The van der Waals surface area contributed by atoms with Crippen molar-refractivity contribution in [3.8, 4) is 11.5 Å². The fourth-order valence-electron chi connectivity index (χ4n) is 1.99. The highest BCUT2D eigenvalue weighted by molar-refractivity contribution is 5.89. The van der Waals surface area contributed by atoms with E-state index in [1.54, 1.807) is 37.4 Å². The summed E-state index contributed by atoms with van der Waals surface area (Å²) in [6.07, 6.45) is 1.63. The van der Waals surface area contributed by atoms with Crippen LogP contribution >= 0.6 is 0 Å². The molecule has 9 nitrogen and oxygen atoms in total. The lowest BCUT2D eigenvalue weighted by atomic mass is 10.3. The first kappa shape index (κ1) is 14.7. The molecule has 0 aliphatic heterocycles. The van der Waals surface area contributed by atoms with Gasteiger partial charge in [0.2, 0.25) is 11.7 Å². The first-order valence-corrected chi connectivity index (χ1v) is 6.84. The fourth-order valence-corrected chi connectivity index (χ4v) is 1.99. The van der Waals surface area contributed by atoms with Gasteiger partial charge in [-0.25, -0.2) is 4.79 Å². The summed E-state index contributed by atoms with van der Waals surface area (Å²) in [5.74, 6) is 0.248. The summed E-state index contributed by atoms with van der Waals surface area (Å²) in [5.41, 5.74) is 0.492. The molecule has 3 aromatic heterocycles. The van der Waals surface area contributed by atoms with Gasteiger partial charge in [-0.1, -0.05) is 16.4 Å². The maximum absolute atomic E-state index is 11.9. The van der Waals surface area contributed by atoms with E-state index in [4.69, 9.17) is 4.52 Å².